The Kier molecular flexibility index (Phi) is 4.20. The Balaban J connectivity index is 1.73. The molecular formula is C18H20N2O. The molecule has 0 fully saturated rings. The van der Waals surface area contributed by atoms with Gasteiger partial charge in [-0.15, -0.1) is 0 Å². The van der Waals surface area contributed by atoms with Gasteiger partial charge in [0.05, 0.1) is 0 Å². The van der Waals surface area contributed by atoms with Gasteiger partial charge in [-0.25, -0.2) is 0 Å². The van der Waals surface area contributed by atoms with E-state index in [-0.39, 0.29) is 5.91 Å². The molecule has 1 aliphatic rings. The van der Waals surface area contributed by atoms with Crippen molar-refractivity contribution in [2.75, 3.05) is 18.4 Å². The molecular weight excluding hydrogens is 260 g/mol. The average molecular weight is 280 g/mol. The van der Waals surface area contributed by atoms with E-state index in [1.54, 1.807) is 0 Å². The maximum Gasteiger partial charge on any atom is 0.224 e. The van der Waals surface area contributed by atoms with Crippen LogP contribution in [0.15, 0.2) is 54.6 Å². The van der Waals surface area contributed by atoms with Crippen molar-refractivity contribution in [3.8, 4) is 0 Å². The fraction of sp³-hybridized carbons (Fsp3) is 0.278. The van der Waals surface area contributed by atoms with Crippen LogP contribution in [-0.4, -0.2) is 23.9 Å². The van der Waals surface area contributed by atoms with E-state index in [4.69, 9.17) is 0 Å². The average Bonchev–Trinajstić information content (AvgIpc) is 2.52. The van der Waals surface area contributed by atoms with Gasteiger partial charge in [0.15, 0.2) is 0 Å². The van der Waals surface area contributed by atoms with Crippen LogP contribution in [0, 0.1) is 0 Å². The first-order valence-electron chi connectivity index (χ1n) is 7.46. The van der Waals surface area contributed by atoms with Crippen LogP contribution in [0.1, 0.15) is 17.5 Å². The van der Waals surface area contributed by atoms with Gasteiger partial charge in [0.1, 0.15) is 0 Å². The molecule has 108 valence electrons. The molecule has 21 heavy (non-hydrogen) atoms. The Morgan fingerprint density at radius 3 is 2.62 bits per heavy atom. The summed E-state index contributed by atoms with van der Waals surface area (Å²) in [7, 11) is 0. The summed E-state index contributed by atoms with van der Waals surface area (Å²) in [5.41, 5.74) is 3.62. The molecule has 0 aromatic heterocycles. The van der Waals surface area contributed by atoms with Crippen LogP contribution in [0.4, 0.5) is 5.69 Å². The molecule has 2 aromatic carbocycles. The van der Waals surface area contributed by atoms with E-state index >= 15 is 0 Å². The summed E-state index contributed by atoms with van der Waals surface area (Å²) in [4.78, 5) is 14.3. The maximum atomic E-state index is 12.3. The van der Waals surface area contributed by atoms with E-state index in [1.165, 1.54) is 11.1 Å². The summed E-state index contributed by atoms with van der Waals surface area (Å²) in [6.07, 6.45) is 1.46. The number of fused-ring (bicyclic) bond motifs is 1. The monoisotopic (exact) mass is 280 g/mol. The SMILES string of the molecule is O=C1CCNc2ccccc2CN1CCc1ccccc1. The molecule has 0 atom stereocenters. The lowest BCUT2D eigenvalue weighted by Gasteiger charge is -2.27. The number of nitrogens with one attached hydrogen (secondary N) is 1. The van der Waals surface area contributed by atoms with Crippen LogP contribution < -0.4 is 5.32 Å². The Morgan fingerprint density at radius 2 is 1.76 bits per heavy atom. The van der Waals surface area contributed by atoms with Crippen molar-refractivity contribution in [3.63, 3.8) is 0 Å². The topological polar surface area (TPSA) is 32.3 Å². The highest BCUT2D eigenvalue weighted by molar-refractivity contribution is 5.77. The van der Waals surface area contributed by atoms with Gasteiger partial charge in [-0.1, -0.05) is 48.5 Å². The number of anilines is 1. The minimum atomic E-state index is 0.230. The van der Waals surface area contributed by atoms with E-state index in [9.17, 15) is 4.79 Å². The van der Waals surface area contributed by atoms with Crippen LogP contribution in [0.3, 0.4) is 0 Å². The predicted molar refractivity (Wildman–Crippen MR) is 85.1 cm³/mol. The molecule has 1 amide bonds. The summed E-state index contributed by atoms with van der Waals surface area (Å²) in [6.45, 7) is 2.17. The summed E-state index contributed by atoms with van der Waals surface area (Å²) in [5.74, 6) is 0.230. The zero-order valence-electron chi connectivity index (χ0n) is 12.1. The largest absolute Gasteiger partial charge is 0.384 e. The molecule has 2 aromatic rings. The highest BCUT2D eigenvalue weighted by Gasteiger charge is 2.17. The van der Waals surface area contributed by atoms with Gasteiger partial charge in [-0.05, 0) is 23.6 Å². The van der Waals surface area contributed by atoms with Crippen LogP contribution in [0.5, 0.6) is 0 Å². The molecule has 0 aliphatic carbocycles. The lowest BCUT2D eigenvalue weighted by atomic mass is 10.1. The lowest BCUT2D eigenvalue weighted by molar-refractivity contribution is -0.131. The molecule has 3 heteroatoms. The van der Waals surface area contributed by atoms with Gasteiger partial charge < -0.3 is 10.2 Å². The Morgan fingerprint density at radius 1 is 1.00 bits per heavy atom. The van der Waals surface area contributed by atoms with E-state index in [0.717, 1.165) is 18.7 Å². The third-order valence-electron chi connectivity index (χ3n) is 3.90. The highest BCUT2D eigenvalue weighted by Crippen LogP contribution is 2.20. The van der Waals surface area contributed by atoms with Crippen molar-refractivity contribution in [1.29, 1.82) is 0 Å². The van der Waals surface area contributed by atoms with Crippen molar-refractivity contribution >= 4 is 11.6 Å². The van der Waals surface area contributed by atoms with Crippen molar-refractivity contribution in [2.45, 2.75) is 19.4 Å². The van der Waals surface area contributed by atoms with Gasteiger partial charge in [0.25, 0.3) is 0 Å². The number of hydrogen-bond acceptors (Lipinski definition) is 2. The van der Waals surface area contributed by atoms with Gasteiger partial charge in [0, 0.05) is 31.7 Å². The lowest BCUT2D eigenvalue weighted by Crippen LogP contribution is -2.35. The van der Waals surface area contributed by atoms with Crippen molar-refractivity contribution in [2.24, 2.45) is 0 Å². The quantitative estimate of drug-likeness (QED) is 0.937. The van der Waals surface area contributed by atoms with Crippen molar-refractivity contribution < 1.29 is 4.79 Å². The number of rotatable bonds is 3. The second-order valence-corrected chi connectivity index (χ2v) is 5.38. The number of carbonyl (C=O) groups is 1. The molecule has 1 heterocycles. The van der Waals surface area contributed by atoms with Crippen LogP contribution >= 0.6 is 0 Å². The van der Waals surface area contributed by atoms with Gasteiger partial charge in [-0.3, -0.25) is 4.79 Å². The molecule has 1 N–H and O–H groups in total. The number of carbonyl (C=O) groups excluding carboxylic acids is 1. The minimum absolute atomic E-state index is 0.230. The van der Waals surface area contributed by atoms with Crippen LogP contribution in [0.25, 0.3) is 0 Å². The van der Waals surface area contributed by atoms with Gasteiger partial charge >= 0.3 is 0 Å². The molecule has 3 nitrogen and oxygen atoms in total. The second kappa shape index (κ2) is 6.44. The van der Waals surface area contributed by atoms with E-state index < -0.39 is 0 Å². The number of amides is 1. The molecule has 0 spiro atoms. The fourth-order valence-corrected chi connectivity index (χ4v) is 2.70. The Labute approximate surface area is 125 Å². The summed E-state index contributed by atoms with van der Waals surface area (Å²) in [5, 5.41) is 3.34. The zero-order valence-corrected chi connectivity index (χ0v) is 12.1. The van der Waals surface area contributed by atoms with Gasteiger partial charge in [-0.2, -0.15) is 0 Å². The predicted octanol–water partition coefficient (Wildman–Crippen LogP) is 3.07. The Bertz CT molecular complexity index is 610. The molecule has 3 rings (SSSR count). The first-order chi connectivity index (χ1) is 10.3. The second-order valence-electron chi connectivity index (χ2n) is 5.38. The smallest absolute Gasteiger partial charge is 0.224 e. The molecule has 0 unspecified atom stereocenters. The summed E-state index contributed by atoms with van der Waals surface area (Å²) in [6, 6.07) is 18.6. The summed E-state index contributed by atoms with van der Waals surface area (Å²) >= 11 is 0. The first-order valence-corrected chi connectivity index (χ1v) is 7.46. The standard InChI is InChI=1S/C18H20N2O/c21-18-10-12-19-17-9-5-4-8-16(17)14-20(18)13-11-15-6-2-1-3-7-15/h1-9,19H,10-14H2. The van der Waals surface area contributed by atoms with Crippen LogP contribution in [-0.2, 0) is 17.8 Å². The number of nitrogens with zero attached hydrogens (tertiary/aromatic N) is 1. The minimum Gasteiger partial charge on any atom is -0.384 e. The first kappa shape index (κ1) is 13.7. The Hall–Kier alpha value is -2.29. The molecule has 1 aliphatic heterocycles. The molecule has 0 saturated carbocycles. The number of para-hydroxylation sites is 1. The molecule has 0 saturated heterocycles. The fourth-order valence-electron chi connectivity index (χ4n) is 2.70. The number of hydrogen-bond donors (Lipinski definition) is 1. The van der Waals surface area contributed by atoms with Crippen LogP contribution in [0.2, 0.25) is 0 Å². The molecule has 0 bridgehead atoms. The highest BCUT2D eigenvalue weighted by atomic mass is 16.2. The maximum absolute atomic E-state index is 12.3. The van der Waals surface area contributed by atoms with E-state index in [1.807, 2.05) is 35.2 Å². The third kappa shape index (κ3) is 3.43. The van der Waals surface area contributed by atoms with Crippen molar-refractivity contribution in [3.05, 3.63) is 65.7 Å². The third-order valence-corrected chi connectivity index (χ3v) is 3.90. The van der Waals surface area contributed by atoms with Gasteiger partial charge in [0.2, 0.25) is 5.91 Å². The zero-order chi connectivity index (χ0) is 14.5. The summed E-state index contributed by atoms with van der Waals surface area (Å²) < 4.78 is 0. The number of benzene rings is 2. The van der Waals surface area contributed by atoms with E-state index in [2.05, 4.69) is 29.6 Å². The normalized spacial score (nSPS) is 14.9. The molecule has 0 radical (unpaired) electrons. The van der Waals surface area contributed by atoms with E-state index in [0.29, 0.717) is 19.5 Å². The van der Waals surface area contributed by atoms with Crippen molar-refractivity contribution in [1.82, 2.24) is 4.90 Å².